The van der Waals surface area contributed by atoms with Gasteiger partial charge in [0.15, 0.2) is 0 Å². The molecule has 3 rings (SSSR count). The number of hydrogen-bond donors (Lipinski definition) is 1. The number of amides is 1. The number of carbonyl (C=O) groups is 1. The van der Waals surface area contributed by atoms with Gasteiger partial charge in [-0.25, -0.2) is 4.39 Å². The molecule has 23 heavy (non-hydrogen) atoms. The van der Waals surface area contributed by atoms with Crippen LogP contribution in [-0.2, 0) is 11.3 Å². The maximum atomic E-state index is 13.2. The third-order valence-corrected chi connectivity index (χ3v) is 4.70. The van der Waals surface area contributed by atoms with Crippen molar-refractivity contribution in [2.24, 2.45) is 0 Å². The highest BCUT2D eigenvalue weighted by atomic mass is 32.1. The molecule has 1 N–H and O–H groups in total. The van der Waals surface area contributed by atoms with Gasteiger partial charge in [0.05, 0.1) is 10.6 Å². The van der Waals surface area contributed by atoms with Crippen molar-refractivity contribution in [3.63, 3.8) is 0 Å². The normalized spacial score (nSPS) is 19.1. The number of nitrogens with one attached hydrogen (secondary N) is 1. The van der Waals surface area contributed by atoms with Crippen LogP contribution in [0.2, 0.25) is 0 Å². The van der Waals surface area contributed by atoms with Gasteiger partial charge in [-0.1, -0.05) is 30.5 Å². The summed E-state index contributed by atoms with van der Waals surface area (Å²) in [4.78, 5) is 15.6. The highest BCUT2D eigenvalue weighted by Crippen LogP contribution is 2.28. The fourth-order valence-electron chi connectivity index (χ4n) is 2.84. The van der Waals surface area contributed by atoms with Gasteiger partial charge >= 0.3 is 0 Å². The fraction of sp³-hybridized carbons (Fsp3) is 0.438. The van der Waals surface area contributed by atoms with Gasteiger partial charge in [0, 0.05) is 19.6 Å². The number of aromatic nitrogens is 2. The van der Waals surface area contributed by atoms with Gasteiger partial charge in [-0.2, -0.15) is 0 Å². The van der Waals surface area contributed by atoms with Crippen molar-refractivity contribution in [1.29, 1.82) is 0 Å². The molecule has 1 aromatic carbocycles. The first-order chi connectivity index (χ1) is 11.1. The van der Waals surface area contributed by atoms with E-state index in [9.17, 15) is 9.18 Å². The van der Waals surface area contributed by atoms with E-state index in [0.717, 1.165) is 22.7 Å². The van der Waals surface area contributed by atoms with Crippen LogP contribution >= 0.6 is 11.5 Å². The van der Waals surface area contributed by atoms with Gasteiger partial charge in [-0.15, -0.1) is 5.10 Å². The lowest BCUT2D eigenvalue weighted by molar-refractivity contribution is -0.129. The molecule has 122 valence electrons. The highest BCUT2D eigenvalue weighted by molar-refractivity contribution is 7.05. The highest BCUT2D eigenvalue weighted by Gasteiger charge is 2.32. The molecular weight excluding hydrogens is 315 g/mol. The van der Waals surface area contributed by atoms with Crippen LogP contribution in [0.4, 0.5) is 4.39 Å². The first-order valence-electron chi connectivity index (χ1n) is 7.64. The van der Waals surface area contributed by atoms with Crippen molar-refractivity contribution in [2.75, 3.05) is 13.1 Å². The largest absolute Gasteiger partial charge is 0.353 e. The van der Waals surface area contributed by atoms with Crippen molar-refractivity contribution in [1.82, 2.24) is 19.8 Å². The molecule has 1 aliphatic heterocycles. The van der Waals surface area contributed by atoms with Crippen LogP contribution in [0.5, 0.6) is 0 Å². The summed E-state index contributed by atoms with van der Waals surface area (Å²) in [6, 6.07) is 5.72. The van der Waals surface area contributed by atoms with E-state index >= 15 is 0 Å². The molecule has 1 saturated heterocycles. The third-order valence-electron chi connectivity index (χ3n) is 3.98. The van der Waals surface area contributed by atoms with Crippen LogP contribution in [0.25, 0.3) is 0 Å². The molecule has 1 fully saturated rings. The second-order valence-corrected chi connectivity index (χ2v) is 6.79. The minimum absolute atomic E-state index is 0.0496. The molecule has 0 spiro atoms. The van der Waals surface area contributed by atoms with Crippen LogP contribution < -0.4 is 5.32 Å². The molecule has 0 bridgehead atoms. The lowest BCUT2D eigenvalue weighted by Gasteiger charge is -2.35. The zero-order valence-corrected chi connectivity index (χ0v) is 13.9. The molecule has 1 amide bonds. The van der Waals surface area contributed by atoms with Crippen LogP contribution in [0.15, 0.2) is 24.3 Å². The first kappa shape index (κ1) is 16.0. The predicted octanol–water partition coefficient (Wildman–Crippen LogP) is 2.47. The van der Waals surface area contributed by atoms with Crippen molar-refractivity contribution in [2.45, 2.75) is 32.4 Å². The molecule has 7 heteroatoms. The number of hydrogen-bond acceptors (Lipinski definition) is 5. The van der Waals surface area contributed by atoms with Crippen molar-refractivity contribution >= 4 is 17.4 Å². The Hall–Kier alpha value is -1.86. The van der Waals surface area contributed by atoms with Crippen molar-refractivity contribution in [3.8, 4) is 0 Å². The minimum atomic E-state index is -0.411. The van der Waals surface area contributed by atoms with Gasteiger partial charge in [0.1, 0.15) is 11.9 Å². The average Bonchev–Trinajstić information content (AvgIpc) is 2.97. The Labute approximate surface area is 138 Å². The summed E-state index contributed by atoms with van der Waals surface area (Å²) < 4.78 is 17.2. The molecule has 2 heterocycles. The summed E-state index contributed by atoms with van der Waals surface area (Å²) in [6.07, 6.45) is 0. The van der Waals surface area contributed by atoms with E-state index in [1.165, 1.54) is 23.7 Å². The zero-order chi connectivity index (χ0) is 16.4. The Kier molecular flexibility index (Phi) is 4.68. The zero-order valence-electron chi connectivity index (χ0n) is 13.1. The molecule has 0 aliphatic carbocycles. The number of rotatable bonds is 4. The van der Waals surface area contributed by atoms with Crippen molar-refractivity contribution in [3.05, 3.63) is 46.2 Å². The number of halogens is 1. The predicted molar refractivity (Wildman–Crippen MR) is 86.6 cm³/mol. The summed E-state index contributed by atoms with van der Waals surface area (Å²) in [7, 11) is 0. The molecule has 1 unspecified atom stereocenters. The summed E-state index contributed by atoms with van der Waals surface area (Å²) in [6.45, 7) is 6.14. The maximum absolute atomic E-state index is 13.2. The molecule has 1 aliphatic rings. The Balaban J connectivity index is 1.87. The summed E-state index contributed by atoms with van der Waals surface area (Å²) in [5.74, 6) is -0.0525. The lowest BCUT2D eigenvalue weighted by Crippen LogP contribution is -2.49. The van der Waals surface area contributed by atoms with Crippen LogP contribution in [0.3, 0.4) is 0 Å². The molecule has 0 saturated carbocycles. The van der Waals surface area contributed by atoms with E-state index in [1.54, 1.807) is 12.1 Å². The van der Waals surface area contributed by atoms with Gasteiger partial charge < -0.3 is 5.32 Å². The Morgan fingerprint density at radius 2 is 2.13 bits per heavy atom. The number of carbonyl (C=O) groups excluding carboxylic acids is 1. The smallest absolute Gasteiger partial charge is 0.242 e. The Morgan fingerprint density at radius 3 is 2.83 bits per heavy atom. The van der Waals surface area contributed by atoms with Gasteiger partial charge in [-0.3, -0.25) is 9.69 Å². The molecule has 2 aromatic rings. The SMILES string of the molecule is CC(C)c1nnsc1CN1CCNC(=O)C1c1ccc(F)cc1. The molecule has 5 nitrogen and oxygen atoms in total. The minimum Gasteiger partial charge on any atom is -0.353 e. The van der Waals surface area contributed by atoms with E-state index < -0.39 is 6.04 Å². The van der Waals surface area contributed by atoms with Crippen molar-refractivity contribution < 1.29 is 9.18 Å². The number of piperazine rings is 1. The second-order valence-electron chi connectivity index (χ2n) is 5.95. The molecule has 1 aromatic heterocycles. The summed E-state index contributed by atoms with van der Waals surface area (Å²) in [5, 5.41) is 7.09. The van der Waals surface area contributed by atoms with Crippen LogP contribution in [0.1, 0.15) is 41.9 Å². The maximum Gasteiger partial charge on any atom is 0.242 e. The second kappa shape index (κ2) is 6.72. The van der Waals surface area contributed by atoms with E-state index in [1.807, 2.05) is 0 Å². The summed E-state index contributed by atoms with van der Waals surface area (Å²) in [5.41, 5.74) is 1.78. The monoisotopic (exact) mass is 334 g/mol. The summed E-state index contributed by atoms with van der Waals surface area (Å²) >= 11 is 1.38. The Morgan fingerprint density at radius 1 is 1.39 bits per heavy atom. The van der Waals surface area contributed by atoms with Crippen LogP contribution in [0, 0.1) is 5.82 Å². The average molecular weight is 334 g/mol. The van der Waals surface area contributed by atoms with Crippen LogP contribution in [-0.4, -0.2) is 33.5 Å². The van der Waals surface area contributed by atoms with Gasteiger partial charge in [0.25, 0.3) is 0 Å². The molecular formula is C16H19FN4OS. The topological polar surface area (TPSA) is 58.1 Å². The fourth-order valence-corrected chi connectivity index (χ4v) is 3.66. The molecule has 0 radical (unpaired) electrons. The third kappa shape index (κ3) is 3.40. The van der Waals surface area contributed by atoms with E-state index in [4.69, 9.17) is 0 Å². The lowest BCUT2D eigenvalue weighted by atomic mass is 10.0. The van der Waals surface area contributed by atoms with Gasteiger partial charge in [0.2, 0.25) is 5.91 Å². The van der Waals surface area contributed by atoms with Gasteiger partial charge in [-0.05, 0) is 35.1 Å². The standard InChI is InChI=1S/C16H19FN4OS/c1-10(2)14-13(23-20-19-14)9-21-8-7-18-16(22)15(21)11-3-5-12(17)6-4-11/h3-6,10,15H,7-9H2,1-2H3,(H,18,22). The number of nitrogens with zero attached hydrogens (tertiary/aromatic N) is 3. The first-order valence-corrected chi connectivity index (χ1v) is 8.42. The molecule has 1 atom stereocenters. The van der Waals surface area contributed by atoms with E-state index in [2.05, 4.69) is 33.7 Å². The quantitative estimate of drug-likeness (QED) is 0.933. The number of benzene rings is 1. The van der Waals surface area contributed by atoms with E-state index in [0.29, 0.717) is 19.0 Å². The Bertz CT molecular complexity index is 686. The van der Waals surface area contributed by atoms with E-state index in [-0.39, 0.29) is 11.7 Å².